The summed E-state index contributed by atoms with van der Waals surface area (Å²) in [5.74, 6) is 0.0945. The van der Waals surface area contributed by atoms with Gasteiger partial charge in [-0.2, -0.15) is 0 Å². The normalized spacial score (nSPS) is 14.5. The van der Waals surface area contributed by atoms with Crippen molar-refractivity contribution >= 4 is 51.4 Å². The Balaban J connectivity index is 0.975. The van der Waals surface area contributed by atoms with Gasteiger partial charge in [0.2, 0.25) is 0 Å². The number of anilines is 5. The van der Waals surface area contributed by atoms with Crippen molar-refractivity contribution in [1.29, 1.82) is 0 Å². The second-order valence-corrected chi connectivity index (χ2v) is 19.7. The van der Waals surface area contributed by atoms with Gasteiger partial charge < -0.3 is 9.80 Å². The van der Waals surface area contributed by atoms with Gasteiger partial charge in [-0.25, -0.2) is 0 Å². The van der Waals surface area contributed by atoms with Crippen LogP contribution in [0.4, 0.5) is 28.4 Å². The summed E-state index contributed by atoms with van der Waals surface area (Å²) >= 11 is 0. The quantitative estimate of drug-likeness (QED) is 0.107. The van der Waals surface area contributed by atoms with Crippen LogP contribution in [0.3, 0.4) is 0 Å². The zero-order chi connectivity index (χ0) is 48.2. The van der Waals surface area contributed by atoms with E-state index in [2.05, 4.69) is 287 Å². The highest BCUT2D eigenvalue weighted by Gasteiger charge is 2.38. The molecule has 0 saturated heterocycles. The van der Waals surface area contributed by atoms with Crippen LogP contribution in [0.15, 0.2) is 267 Å². The second kappa shape index (κ2) is 19.4. The number of nitrogens with zero attached hydrogens (tertiary/aromatic N) is 2. The zero-order valence-corrected chi connectivity index (χ0v) is 40.8. The summed E-state index contributed by atoms with van der Waals surface area (Å²) in [6.45, 7) is 17.4. The molecule has 0 aliphatic heterocycles. The first-order valence-corrected chi connectivity index (χ1v) is 24.5. The molecule has 0 saturated carbocycles. The van der Waals surface area contributed by atoms with Crippen LogP contribution in [0.25, 0.3) is 34.1 Å². The molecule has 342 valence electrons. The Morgan fingerprint density at radius 2 is 1.03 bits per heavy atom. The molecule has 0 N–H and O–H groups in total. The average Bonchev–Trinajstić information content (AvgIpc) is 3.73. The lowest BCUT2D eigenvalue weighted by Crippen LogP contribution is -2.32. The molecule has 0 aromatic heterocycles. The van der Waals surface area contributed by atoms with Gasteiger partial charge in [-0.15, -0.1) is 0 Å². The fourth-order valence-electron chi connectivity index (χ4n) is 10.6. The highest BCUT2D eigenvalue weighted by Crippen LogP contribution is 2.48. The molecule has 70 heavy (non-hydrogen) atoms. The van der Waals surface area contributed by atoms with Crippen molar-refractivity contribution in [2.45, 2.75) is 44.9 Å². The molecule has 8 aromatic carbocycles. The van der Waals surface area contributed by atoms with E-state index >= 15 is 0 Å². The molecule has 0 fully saturated rings. The molecule has 2 aliphatic carbocycles. The van der Waals surface area contributed by atoms with Crippen LogP contribution in [-0.4, -0.2) is 0 Å². The summed E-state index contributed by atoms with van der Waals surface area (Å²) in [6, 6.07) is 70.9. The van der Waals surface area contributed by atoms with Crippen LogP contribution in [0.1, 0.15) is 55.5 Å². The summed E-state index contributed by atoms with van der Waals surface area (Å²) in [4.78, 5) is 4.80. The van der Waals surface area contributed by atoms with Gasteiger partial charge in [-0.05, 0) is 128 Å². The minimum absolute atomic E-state index is 0.0262. The number of allylic oxidation sites excluding steroid dienone is 9. The maximum absolute atomic E-state index is 4.00. The lowest BCUT2D eigenvalue weighted by molar-refractivity contribution is 0.420. The minimum atomic E-state index is -0.222. The number of para-hydroxylation sites is 2. The summed E-state index contributed by atoms with van der Waals surface area (Å²) in [5.41, 5.74) is 17.6. The Morgan fingerprint density at radius 3 is 1.63 bits per heavy atom. The maximum Gasteiger partial charge on any atom is 0.0540 e. The number of hydrogen-bond donors (Lipinski definition) is 0. The maximum atomic E-state index is 4.00. The molecule has 0 amide bonds. The molecule has 8 aromatic rings. The zero-order valence-electron chi connectivity index (χ0n) is 40.8. The van der Waals surface area contributed by atoms with Crippen molar-refractivity contribution in [3.8, 4) is 11.1 Å². The monoisotopic (exact) mass is 904 g/mol. The summed E-state index contributed by atoms with van der Waals surface area (Å²) in [5, 5.41) is 2.44. The molecule has 0 heterocycles. The minimum Gasteiger partial charge on any atom is -0.310 e. The van der Waals surface area contributed by atoms with E-state index in [1.807, 2.05) is 12.2 Å². The summed E-state index contributed by atoms with van der Waals surface area (Å²) in [7, 11) is 0. The predicted octanol–water partition coefficient (Wildman–Crippen LogP) is 18.4. The molecule has 0 radical (unpaired) electrons. The molecule has 2 bridgehead atoms. The van der Waals surface area contributed by atoms with Crippen LogP contribution in [-0.2, 0) is 17.3 Å². The third kappa shape index (κ3) is 9.09. The van der Waals surface area contributed by atoms with Gasteiger partial charge in [0.1, 0.15) is 0 Å². The van der Waals surface area contributed by atoms with Gasteiger partial charge >= 0.3 is 0 Å². The van der Waals surface area contributed by atoms with E-state index in [-0.39, 0.29) is 16.7 Å². The molecular weight excluding hydrogens is 845 g/mol. The SMILES string of the molecule is C=Cc1ccc(C(C)(C)Cc2ccc3c(N(c4ccccc4)c4ccc(-c5ccc(N(C6=C7C=CC=CC(=CC=C6)C7C(C)(C)c6ccc(C=C)cc6)c6ccccc6)cc5)cc4)cccc3c2)cc1. The first-order valence-electron chi connectivity index (χ1n) is 24.5. The van der Waals surface area contributed by atoms with Gasteiger partial charge in [0.25, 0.3) is 0 Å². The fourth-order valence-corrected chi connectivity index (χ4v) is 10.6. The number of fused-ring (bicyclic) bond motifs is 3. The Labute approximate surface area is 415 Å². The lowest BCUT2D eigenvalue weighted by Gasteiger charge is -2.38. The smallest absolute Gasteiger partial charge is 0.0540 e. The van der Waals surface area contributed by atoms with E-state index in [0.717, 1.165) is 62.8 Å². The highest BCUT2D eigenvalue weighted by atomic mass is 15.2. The molecule has 10 rings (SSSR count). The number of benzene rings is 8. The summed E-state index contributed by atoms with van der Waals surface area (Å²) in [6.07, 6.45) is 20.5. The third-order valence-corrected chi connectivity index (χ3v) is 14.4. The highest BCUT2D eigenvalue weighted by molar-refractivity contribution is 5.99. The van der Waals surface area contributed by atoms with Gasteiger partial charge in [0.05, 0.1) is 5.69 Å². The van der Waals surface area contributed by atoms with Gasteiger partial charge in [0, 0.05) is 45.2 Å². The Morgan fingerprint density at radius 1 is 0.486 bits per heavy atom. The topological polar surface area (TPSA) is 6.48 Å². The van der Waals surface area contributed by atoms with Crippen LogP contribution < -0.4 is 9.80 Å². The number of rotatable bonds is 14. The Bertz CT molecular complexity index is 3320. The van der Waals surface area contributed by atoms with Crippen molar-refractivity contribution in [3.63, 3.8) is 0 Å². The van der Waals surface area contributed by atoms with Crippen LogP contribution in [0.5, 0.6) is 0 Å². The molecule has 0 spiro atoms. The predicted molar refractivity (Wildman–Crippen MR) is 301 cm³/mol. The summed E-state index contributed by atoms with van der Waals surface area (Å²) < 4.78 is 0. The van der Waals surface area contributed by atoms with E-state index in [9.17, 15) is 0 Å². The van der Waals surface area contributed by atoms with Crippen molar-refractivity contribution in [2.75, 3.05) is 9.80 Å². The standard InChI is InChI=1S/C68H60N2/c1-7-49-29-38-56(39-30-49)67(3,4)48-51-33-46-62-55(47-51)21-18-27-64(62)69(58-22-11-9-12-23-58)60-42-34-52(35-43-60)53-36-44-61(45-37-53)70(59-24-13-10-14-25-59)65-28-17-20-54-19-15-16-26-63(65)66(54)68(5,6)57-40-31-50(8-2)32-41-57/h7-47,66H,1-2,48H2,3-6H3. The van der Waals surface area contributed by atoms with E-state index in [1.54, 1.807) is 0 Å². The largest absolute Gasteiger partial charge is 0.310 e. The Hall–Kier alpha value is -8.20. The molecule has 1 atom stereocenters. The molecule has 2 nitrogen and oxygen atoms in total. The van der Waals surface area contributed by atoms with E-state index in [4.69, 9.17) is 0 Å². The van der Waals surface area contributed by atoms with E-state index in [0.29, 0.717) is 0 Å². The van der Waals surface area contributed by atoms with Gasteiger partial charge in [-0.3, -0.25) is 0 Å². The fraction of sp³-hybridized carbons (Fsp3) is 0.118. The van der Waals surface area contributed by atoms with Gasteiger partial charge in [0.15, 0.2) is 0 Å². The van der Waals surface area contributed by atoms with Crippen LogP contribution in [0.2, 0.25) is 0 Å². The molecule has 2 heteroatoms. The van der Waals surface area contributed by atoms with E-state index in [1.165, 1.54) is 38.6 Å². The second-order valence-electron chi connectivity index (χ2n) is 19.7. The molecular formula is C68H60N2. The van der Waals surface area contributed by atoms with Crippen molar-refractivity contribution in [1.82, 2.24) is 0 Å². The average molecular weight is 905 g/mol. The van der Waals surface area contributed by atoms with Crippen molar-refractivity contribution < 1.29 is 0 Å². The van der Waals surface area contributed by atoms with Gasteiger partial charge in [-0.1, -0.05) is 229 Å². The van der Waals surface area contributed by atoms with Crippen molar-refractivity contribution in [3.05, 3.63) is 294 Å². The molecule has 1 unspecified atom stereocenters. The number of hydrogen-bond acceptors (Lipinski definition) is 2. The van der Waals surface area contributed by atoms with Crippen LogP contribution in [0, 0.1) is 5.92 Å². The van der Waals surface area contributed by atoms with Crippen molar-refractivity contribution in [2.24, 2.45) is 5.92 Å². The van der Waals surface area contributed by atoms with Crippen LogP contribution >= 0.6 is 0 Å². The first kappa shape index (κ1) is 45.6. The Kier molecular flexibility index (Phi) is 12.6. The van der Waals surface area contributed by atoms with E-state index < -0.39 is 0 Å². The molecule has 2 aliphatic rings. The first-order chi connectivity index (χ1) is 34.1. The third-order valence-electron chi connectivity index (χ3n) is 14.4. The lowest BCUT2D eigenvalue weighted by atomic mass is 9.66.